The van der Waals surface area contributed by atoms with E-state index in [1.54, 1.807) is 0 Å². The van der Waals surface area contributed by atoms with E-state index in [0.29, 0.717) is 24.2 Å². The van der Waals surface area contributed by atoms with Crippen molar-refractivity contribution in [2.24, 2.45) is 11.5 Å². The van der Waals surface area contributed by atoms with Gasteiger partial charge in [-0.2, -0.15) is 0 Å². The van der Waals surface area contributed by atoms with Gasteiger partial charge in [0.25, 0.3) is 0 Å². The van der Waals surface area contributed by atoms with Crippen LogP contribution in [-0.2, 0) is 0 Å². The molecular weight excluding hydrogens is 200 g/mol. The molecule has 0 saturated carbocycles. The van der Waals surface area contributed by atoms with E-state index in [2.05, 4.69) is 37.5 Å². The van der Waals surface area contributed by atoms with Gasteiger partial charge in [-0.15, -0.1) is 0 Å². The Morgan fingerprint density at radius 3 is 1.12 bits per heavy atom. The Balaban J connectivity index is 2.77. The maximum atomic E-state index is 5.69. The van der Waals surface area contributed by atoms with Crippen LogP contribution in [0.3, 0.4) is 0 Å². The molecule has 0 spiro atoms. The van der Waals surface area contributed by atoms with Crippen LogP contribution in [0.4, 0.5) is 0 Å². The van der Waals surface area contributed by atoms with E-state index in [-0.39, 0.29) is 0 Å². The van der Waals surface area contributed by atoms with E-state index in [4.69, 9.17) is 11.5 Å². The number of rotatable bonds is 4. The lowest BCUT2D eigenvalue weighted by Crippen LogP contribution is -2.66. The molecule has 0 bridgehead atoms. The topological polar surface area (TPSA) is 58.5 Å². The molecule has 96 valence electrons. The molecule has 0 amide bonds. The summed E-state index contributed by atoms with van der Waals surface area (Å²) in [5.41, 5.74) is 11.4. The summed E-state index contributed by atoms with van der Waals surface area (Å²) >= 11 is 0. The molecule has 0 aromatic rings. The lowest BCUT2D eigenvalue weighted by molar-refractivity contribution is -0.0365. The van der Waals surface area contributed by atoms with Crippen molar-refractivity contribution < 1.29 is 0 Å². The van der Waals surface area contributed by atoms with Gasteiger partial charge in [-0.1, -0.05) is 0 Å². The normalized spacial score (nSPS) is 37.9. The van der Waals surface area contributed by atoms with Crippen LogP contribution in [0.5, 0.6) is 0 Å². The van der Waals surface area contributed by atoms with Crippen LogP contribution < -0.4 is 11.5 Å². The Hall–Kier alpha value is -0.160. The molecule has 1 fully saturated rings. The fourth-order valence-corrected chi connectivity index (χ4v) is 2.96. The van der Waals surface area contributed by atoms with Gasteiger partial charge in [0.2, 0.25) is 0 Å². The summed E-state index contributed by atoms with van der Waals surface area (Å²) in [6, 6.07) is 2.23. The highest BCUT2D eigenvalue weighted by atomic mass is 15.3. The Morgan fingerprint density at radius 1 is 0.688 bits per heavy atom. The van der Waals surface area contributed by atoms with Crippen LogP contribution in [-0.4, -0.2) is 60.1 Å². The Bertz CT molecular complexity index is 171. The van der Waals surface area contributed by atoms with Crippen LogP contribution in [0.1, 0.15) is 27.7 Å². The minimum atomic E-state index is 0.557. The Morgan fingerprint density at radius 2 is 0.938 bits per heavy atom. The van der Waals surface area contributed by atoms with Crippen molar-refractivity contribution in [3.63, 3.8) is 0 Å². The van der Waals surface area contributed by atoms with E-state index >= 15 is 0 Å². The molecule has 4 nitrogen and oxygen atoms in total. The molecule has 1 saturated heterocycles. The van der Waals surface area contributed by atoms with Gasteiger partial charge in [-0.05, 0) is 27.7 Å². The predicted octanol–water partition coefficient (Wildman–Crippen LogP) is 0.0754. The third-order valence-electron chi connectivity index (χ3n) is 4.26. The summed E-state index contributed by atoms with van der Waals surface area (Å²) < 4.78 is 0. The van der Waals surface area contributed by atoms with E-state index in [1.807, 2.05) is 0 Å². The Kier molecular flexibility index (Phi) is 5.18. The average molecular weight is 228 g/mol. The number of nitrogens with zero attached hydrogens (tertiary/aromatic N) is 2. The third-order valence-corrected chi connectivity index (χ3v) is 4.26. The second-order valence-corrected chi connectivity index (χ2v) is 5.02. The molecule has 4 N–H and O–H groups in total. The summed E-state index contributed by atoms with van der Waals surface area (Å²) in [5, 5.41) is 0. The van der Waals surface area contributed by atoms with E-state index in [9.17, 15) is 0 Å². The van der Waals surface area contributed by atoms with Gasteiger partial charge in [0.15, 0.2) is 0 Å². The highest BCUT2D eigenvalue weighted by Gasteiger charge is 2.38. The van der Waals surface area contributed by atoms with Crippen LogP contribution in [0, 0.1) is 0 Å². The number of nitrogens with two attached hydrogens (primary N) is 2. The first kappa shape index (κ1) is 13.9. The fraction of sp³-hybridized carbons (Fsp3) is 1.00. The van der Waals surface area contributed by atoms with Crippen molar-refractivity contribution in [2.75, 3.05) is 26.2 Å². The number of hydrogen-bond donors (Lipinski definition) is 2. The van der Waals surface area contributed by atoms with Gasteiger partial charge < -0.3 is 11.5 Å². The monoisotopic (exact) mass is 228 g/mol. The minimum Gasteiger partial charge on any atom is -0.329 e. The van der Waals surface area contributed by atoms with Gasteiger partial charge in [-0.25, -0.2) is 0 Å². The van der Waals surface area contributed by atoms with Crippen LogP contribution in [0.15, 0.2) is 0 Å². The molecule has 1 aliphatic heterocycles. The molecule has 16 heavy (non-hydrogen) atoms. The van der Waals surface area contributed by atoms with Crippen molar-refractivity contribution in [3.05, 3.63) is 0 Å². The van der Waals surface area contributed by atoms with Crippen molar-refractivity contribution in [1.29, 1.82) is 0 Å². The molecule has 1 heterocycles. The zero-order valence-corrected chi connectivity index (χ0v) is 11.2. The quantitative estimate of drug-likeness (QED) is 0.715. The van der Waals surface area contributed by atoms with Gasteiger partial charge >= 0.3 is 0 Å². The fourth-order valence-electron chi connectivity index (χ4n) is 2.96. The summed E-state index contributed by atoms with van der Waals surface area (Å²) in [7, 11) is 0. The molecule has 4 atom stereocenters. The SMILES string of the molecule is CC1C(C)N(CCN)C(C)C(C)N1CCN. The summed E-state index contributed by atoms with van der Waals surface area (Å²) in [4.78, 5) is 5.06. The lowest BCUT2D eigenvalue weighted by Gasteiger charge is -2.52. The first-order valence-electron chi connectivity index (χ1n) is 6.46. The standard InChI is InChI=1S/C12H28N4/c1-9-10(2)16(8-6-14)12(4)11(3)15(9)7-5-13/h9-12H,5-8,13-14H2,1-4H3. The van der Waals surface area contributed by atoms with Crippen molar-refractivity contribution in [3.8, 4) is 0 Å². The first-order chi connectivity index (χ1) is 7.54. The molecule has 0 aromatic heterocycles. The highest BCUT2D eigenvalue weighted by molar-refractivity contribution is 4.95. The largest absolute Gasteiger partial charge is 0.329 e. The minimum absolute atomic E-state index is 0.557. The van der Waals surface area contributed by atoms with E-state index in [0.717, 1.165) is 26.2 Å². The van der Waals surface area contributed by atoms with Gasteiger partial charge in [0.05, 0.1) is 0 Å². The molecule has 0 aliphatic carbocycles. The maximum absolute atomic E-state index is 5.69. The van der Waals surface area contributed by atoms with Gasteiger partial charge in [0.1, 0.15) is 0 Å². The number of hydrogen-bond acceptors (Lipinski definition) is 4. The average Bonchev–Trinajstić information content (AvgIpc) is 2.28. The Labute approximate surface area is 99.9 Å². The second kappa shape index (κ2) is 5.96. The summed E-state index contributed by atoms with van der Waals surface area (Å²) in [5.74, 6) is 0. The summed E-state index contributed by atoms with van der Waals surface area (Å²) in [6.07, 6.45) is 0. The number of piperazine rings is 1. The van der Waals surface area contributed by atoms with Gasteiger partial charge in [-0.3, -0.25) is 9.80 Å². The third kappa shape index (κ3) is 2.56. The van der Waals surface area contributed by atoms with E-state index in [1.165, 1.54) is 0 Å². The van der Waals surface area contributed by atoms with Crippen molar-refractivity contribution in [1.82, 2.24) is 9.80 Å². The second-order valence-electron chi connectivity index (χ2n) is 5.02. The molecular formula is C12H28N4. The molecule has 4 unspecified atom stereocenters. The van der Waals surface area contributed by atoms with Gasteiger partial charge in [0, 0.05) is 50.3 Å². The van der Waals surface area contributed by atoms with E-state index < -0.39 is 0 Å². The van der Waals surface area contributed by atoms with Crippen LogP contribution >= 0.6 is 0 Å². The lowest BCUT2D eigenvalue weighted by atomic mass is 9.94. The molecule has 0 radical (unpaired) electrons. The zero-order chi connectivity index (χ0) is 12.3. The molecule has 1 aliphatic rings. The highest BCUT2D eigenvalue weighted by Crippen LogP contribution is 2.25. The zero-order valence-electron chi connectivity index (χ0n) is 11.2. The van der Waals surface area contributed by atoms with Crippen molar-refractivity contribution in [2.45, 2.75) is 51.9 Å². The van der Waals surface area contributed by atoms with Crippen LogP contribution in [0.2, 0.25) is 0 Å². The maximum Gasteiger partial charge on any atom is 0.0224 e. The summed E-state index contributed by atoms with van der Waals surface area (Å²) in [6.45, 7) is 12.7. The van der Waals surface area contributed by atoms with Crippen molar-refractivity contribution >= 4 is 0 Å². The smallest absolute Gasteiger partial charge is 0.0224 e. The predicted molar refractivity (Wildman–Crippen MR) is 69.4 cm³/mol. The van der Waals surface area contributed by atoms with Crippen LogP contribution in [0.25, 0.3) is 0 Å². The molecule has 1 rings (SSSR count). The first-order valence-corrected chi connectivity index (χ1v) is 6.46. The molecule has 0 aromatic carbocycles. The molecule has 4 heteroatoms.